The van der Waals surface area contributed by atoms with Crippen LogP contribution in [-0.2, 0) is 42.3 Å². The third-order valence-corrected chi connectivity index (χ3v) is 0.589. The maximum absolute atomic E-state index is 9.98. The van der Waals surface area contributed by atoms with Gasteiger partial charge in [0.15, 0.2) is 0 Å². The van der Waals surface area contributed by atoms with Crippen molar-refractivity contribution in [3.05, 3.63) is 17.5 Å². The zero-order chi connectivity index (χ0) is 7.28. The Labute approximate surface area is 83.6 Å². The minimum Gasteiger partial charge on any atom is -0.589 e. The normalized spacial score (nSPS) is 13.0. The number of rotatable bonds is 0. The quantitative estimate of drug-likeness (QED) is 0.560. The van der Waals surface area contributed by atoms with Gasteiger partial charge in [0.1, 0.15) is 0 Å². The van der Waals surface area contributed by atoms with Gasteiger partial charge in [-0.25, -0.2) is 0 Å². The molecule has 5 heteroatoms. The molecule has 2 amide bonds. The molecule has 1 aliphatic heterocycles. The first kappa shape index (κ1) is 12.6. The zero-order valence-corrected chi connectivity index (χ0v) is 8.28. The van der Waals surface area contributed by atoms with Crippen molar-refractivity contribution in [2.75, 3.05) is 7.11 Å². The Morgan fingerprint density at radius 2 is 1.50 bits per heavy atom. The molecule has 0 atom stereocenters. The van der Waals surface area contributed by atoms with E-state index < -0.39 is 11.8 Å². The second-order valence-electron chi connectivity index (χ2n) is 1.12. The van der Waals surface area contributed by atoms with Gasteiger partial charge in [-0.3, -0.25) is 0 Å². The summed E-state index contributed by atoms with van der Waals surface area (Å²) >= 11 is 0. The summed E-state index contributed by atoms with van der Waals surface area (Å²) in [5.41, 5.74) is 0. The number of aliphatic hydroxyl groups excluding tert-OH is 1. The number of hydrogen-bond acceptors (Lipinski definition) is 3. The smallest absolute Gasteiger partial charge is 0.0803 e. The topological polar surface area (TPSA) is 68.5 Å². The third kappa shape index (κ3) is 4.79. The summed E-state index contributed by atoms with van der Waals surface area (Å²) < 4.78 is 0. The molecular weight excluding hydrogens is 211 g/mol. The summed E-state index contributed by atoms with van der Waals surface area (Å²) in [7, 11) is 1.00. The average molecular weight is 217 g/mol. The predicted octanol–water partition coefficient (Wildman–Crippen LogP) is -0.411. The molecule has 1 radical (unpaired) electrons. The van der Waals surface area contributed by atoms with E-state index in [1.165, 1.54) is 0 Å². The molecule has 10 heavy (non-hydrogen) atoms. The van der Waals surface area contributed by atoms with Crippen molar-refractivity contribution >= 4 is 11.8 Å². The fourth-order valence-electron chi connectivity index (χ4n) is 0.326. The van der Waals surface area contributed by atoms with Crippen LogP contribution in [0.1, 0.15) is 0 Å². The van der Waals surface area contributed by atoms with E-state index in [-0.39, 0.29) is 32.7 Å². The molecular formula is C5H6NO3Y-. The van der Waals surface area contributed by atoms with E-state index in [1.54, 1.807) is 0 Å². The van der Waals surface area contributed by atoms with Crippen LogP contribution in [0.5, 0.6) is 0 Å². The monoisotopic (exact) mass is 217 g/mol. The molecule has 0 aromatic heterocycles. The Bertz CT molecular complexity index is 139. The number of carbonyl (C=O) groups excluding carboxylic acids is 2. The number of carbonyl (C=O) groups is 2. The number of nitrogens with zero attached hydrogens (tertiary/aromatic N) is 1. The maximum atomic E-state index is 9.98. The van der Waals surface area contributed by atoms with Crippen molar-refractivity contribution in [2.24, 2.45) is 0 Å². The van der Waals surface area contributed by atoms with Gasteiger partial charge in [-0.2, -0.15) is 0 Å². The van der Waals surface area contributed by atoms with Crippen molar-refractivity contribution in [1.82, 2.24) is 0 Å². The molecule has 0 fully saturated rings. The molecule has 0 bridgehead atoms. The minimum absolute atomic E-state index is 0. The van der Waals surface area contributed by atoms with Crippen molar-refractivity contribution in [3.8, 4) is 0 Å². The fraction of sp³-hybridized carbons (Fsp3) is 0.200. The minimum atomic E-state index is -0.454. The van der Waals surface area contributed by atoms with Gasteiger partial charge < -0.3 is 20.0 Å². The molecule has 0 spiro atoms. The van der Waals surface area contributed by atoms with Gasteiger partial charge in [-0.15, -0.1) is 0 Å². The molecule has 4 nitrogen and oxygen atoms in total. The number of aliphatic hydroxyl groups is 1. The first-order valence-electron chi connectivity index (χ1n) is 2.21. The second kappa shape index (κ2) is 7.06. The summed E-state index contributed by atoms with van der Waals surface area (Å²) in [6.07, 6.45) is 2.28. The van der Waals surface area contributed by atoms with Gasteiger partial charge in [-0.05, 0) is 12.2 Å². The number of amides is 2. The number of hydrogen-bond donors (Lipinski definition) is 1. The van der Waals surface area contributed by atoms with E-state index in [1.807, 2.05) is 0 Å². The molecule has 1 rings (SSSR count). The van der Waals surface area contributed by atoms with Gasteiger partial charge in [0.25, 0.3) is 0 Å². The molecule has 1 heterocycles. The van der Waals surface area contributed by atoms with E-state index in [4.69, 9.17) is 5.11 Å². The Morgan fingerprint density at radius 3 is 1.60 bits per heavy atom. The van der Waals surface area contributed by atoms with Crippen LogP contribution in [0, 0.1) is 0 Å². The van der Waals surface area contributed by atoms with E-state index in [0.717, 1.165) is 19.3 Å². The van der Waals surface area contributed by atoms with Crippen molar-refractivity contribution in [1.29, 1.82) is 0 Å². The fourth-order valence-corrected chi connectivity index (χ4v) is 0.326. The molecule has 0 aromatic carbocycles. The molecule has 0 aliphatic carbocycles. The summed E-state index contributed by atoms with van der Waals surface area (Å²) in [6.45, 7) is 0. The SMILES string of the molecule is CO.O=C1C=CC(=O)[N-]1.[Y]. The van der Waals surface area contributed by atoms with Crippen molar-refractivity contribution < 1.29 is 47.4 Å². The van der Waals surface area contributed by atoms with Crippen molar-refractivity contribution in [2.45, 2.75) is 0 Å². The second-order valence-corrected chi connectivity index (χ2v) is 1.12. The molecule has 0 aromatic rings. The van der Waals surface area contributed by atoms with Crippen LogP contribution in [0.3, 0.4) is 0 Å². The zero-order valence-electron chi connectivity index (χ0n) is 5.44. The van der Waals surface area contributed by atoms with Crippen LogP contribution >= 0.6 is 0 Å². The van der Waals surface area contributed by atoms with Gasteiger partial charge in [-0.1, -0.05) is 0 Å². The van der Waals surface area contributed by atoms with Crippen LogP contribution in [0.4, 0.5) is 0 Å². The first-order chi connectivity index (χ1) is 4.29. The summed E-state index contributed by atoms with van der Waals surface area (Å²) in [5, 5.41) is 10.0. The van der Waals surface area contributed by atoms with Gasteiger partial charge >= 0.3 is 0 Å². The van der Waals surface area contributed by atoms with Gasteiger partial charge in [0.05, 0.1) is 11.8 Å². The number of imide groups is 1. The molecule has 0 saturated carbocycles. The molecule has 0 saturated heterocycles. The summed E-state index contributed by atoms with van der Waals surface area (Å²) in [4.78, 5) is 20.0. The third-order valence-electron chi connectivity index (χ3n) is 0.589. The summed E-state index contributed by atoms with van der Waals surface area (Å²) in [5.74, 6) is -0.907. The molecule has 1 aliphatic rings. The van der Waals surface area contributed by atoms with Crippen LogP contribution < -0.4 is 0 Å². The Hall–Kier alpha value is -0.0561. The summed E-state index contributed by atoms with van der Waals surface area (Å²) in [6, 6.07) is 0. The van der Waals surface area contributed by atoms with Crippen molar-refractivity contribution in [3.63, 3.8) is 0 Å². The molecule has 1 N–H and O–H groups in total. The Kier molecular flexibility index (Phi) is 8.89. The van der Waals surface area contributed by atoms with Crippen LogP contribution in [0.25, 0.3) is 5.32 Å². The van der Waals surface area contributed by atoms with E-state index in [0.29, 0.717) is 0 Å². The average Bonchev–Trinajstić information content (AvgIpc) is 2.20. The molecule has 0 unspecified atom stereocenters. The van der Waals surface area contributed by atoms with Gasteiger partial charge in [0, 0.05) is 39.8 Å². The predicted molar refractivity (Wildman–Crippen MR) is 30.7 cm³/mol. The largest absolute Gasteiger partial charge is 0.589 e. The van der Waals surface area contributed by atoms with Crippen LogP contribution in [0.2, 0.25) is 0 Å². The van der Waals surface area contributed by atoms with E-state index in [2.05, 4.69) is 5.32 Å². The van der Waals surface area contributed by atoms with E-state index in [9.17, 15) is 9.59 Å². The van der Waals surface area contributed by atoms with E-state index >= 15 is 0 Å². The van der Waals surface area contributed by atoms with Crippen LogP contribution in [-0.4, -0.2) is 24.0 Å². The Balaban J connectivity index is 0. The van der Waals surface area contributed by atoms with Gasteiger partial charge in [0.2, 0.25) is 0 Å². The maximum Gasteiger partial charge on any atom is 0.0803 e. The first-order valence-corrected chi connectivity index (χ1v) is 2.21. The Morgan fingerprint density at radius 1 is 1.20 bits per heavy atom. The molecule has 53 valence electrons. The van der Waals surface area contributed by atoms with Crippen LogP contribution in [0.15, 0.2) is 12.2 Å². The standard InChI is InChI=1S/C4H3NO2.CH4O.Y/c6-3-1-2-4(7)5-3;1-2;/h1-2H,(H,5,6,7);2H,1H3;/p-1.